The predicted octanol–water partition coefficient (Wildman–Crippen LogP) is 5.33. The molecule has 0 aromatic heterocycles. The maximum absolute atomic E-state index is 13.7. The number of benzene rings is 3. The van der Waals surface area contributed by atoms with E-state index in [1.807, 2.05) is 6.07 Å². The van der Waals surface area contributed by atoms with Crippen molar-refractivity contribution >= 4 is 46.2 Å². The Morgan fingerprint density at radius 1 is 0.867 bits per heavy atom. The Morgan fingerprint density at radius 3 is 2.33 bits per heavy atom. The third-order valence-electron chi connectivity index (χ3n) is 5.68. The van der Waals surface area contributed by atoms with Crippen LogP contribution in [-0.2, 0) is 21.5 Å². The SMILES string of the molecule is O=C1C(O)=C(c2ccccc2)C2(C(=O)Cc3cc(Cl)ccc32)N1c1cccc(Cl)c1. The van der Waals surface area contributed by atoms with Gasteiger partial charge in [0.15, 0.2) is 17.1 Å². The topological polar surface area (TPSA) is 57.6 Å². The highest BCUT2D eigenvalue weighted by Gasteiger charge is 2.62. The highest BCUT2D eigenvalue weighted by Crippen LogP contribution is 2.55. The Hall–Kier alpha value is -3.08. The van der Waals surface area contributed by atoms with Crippen LogP contribution in [0, 0.1) is 0 Å². The van der Waals surface area contributed by atoms with Crippen LogP contribution in [0.3, 0.4) is 0 Å². The summed E-state index contributed by atoms with van der Waals surface area (Å²) in [6, 6.07) is 20.9. The summed E-state index contributed by atoms with van der Waals surface area (Å²) < 4.78 is 0. The van der Waals surface area contributed by atoms with Crippen molar-refractivity contribution in [3.63, 3.8) is 0 Å². The van der Waals surface area contributed by atoms with Crippen LogP contribution >= 0.6 is 23.2 Å². The summed E-state index contributed by atoms with van der Waals surface area (Å²) in [5.41, 5.74) is 1.18. The average molecular weight is 436 g/mol. The van der Waals surface area contributed by atoms with E-state index in [2.05, 4.69) is 0 Å². The largest absolute Gasteiger partial charge is 0.503 e. The normalized spacial score (nSPS) is 20.4. The minimum atomic E-state index is -1.49. The summed E-state index contributed by atoms with van der Waals surface area (Å²) >= 11 is 12.4. The van der Waals surface area contributed by atoms with E-state index in [-0.39, 0.29) is 17.8 Å². The van der Waals surface area contributed by atoms with Gasteiger partial charge in [0.05, 0.1) is 0 Å². The van der Waals surface area contributed by atoms with Crippen molar-refractivity contribution in [2.45, 2.75) is 12.0 Å². The lowest BCUT2D eigenvalue weighted by Gasteiger charge is -2.37. The quantitative estimate of drug-likeness (QED) is 0.591. The lowest BCUT2D eigenvalue weighted by Crippen LogP contribution is -2.49. The zero-order chi connectivity index (χ0) is 21.0. The molecule has 5 rings (SSSR count). The molecule has 3 aromatic carbocycles. The maximum Gasteiger partial charge on any atom is 0.294 e. The van der Waals surface area contributed by atoms with Crippen molar-refractivity contribution in [3.05, 3.63) is 105 Å². The van der Waals surface area contributed by atoms with Gasteiger partial charge in [0.1, 0.15) is 0 Å². The van der Waals surface area contributed by atoms with Crippen LogP contribution in [0.1, 0.15) is 16.7 Å². The fraction of sp³-hybridized carbons (Fsp3) is 0.0833. The maximum atomic E-state index is 13.7. The molecule has 1 aliphatic carbocycles. The Balaban J connectivity index is 1.87. The molecule has 3 aromatic rings. The first kappa shape index (κ1) is 18.9. The van der Waals surface area contributed by atoms with E-state index >= 15 is 0 Å². The van der Waals surface area contributed by atoms with Crippen molar-refractivity contribution in [1.29, 1.82) is 0 Å². The minimum absolute atomic E-state index is 0.101. The van der Waals surface area contributed by atoms with Gasteiger partial charge in [-0.25, -0.2) is 0 Å². The summed E-state index contributed by atoms with van der Waals surface area (Å²) in [5.74, 6) is -1.31. The van der Waals surface area contributed by atoms with Gasteiger partial charge in [0, 0.05) is 27.7 Å². The molecule has 0 saturated carbocycles. The van der Waals surface area contributed by atoms with Crippen LogP contribution in [0.4, 0.5) is 5.69 Å². The predicted molar refractivity (Wildman–Crippen MR) is 117 cm³/mol. The zero-order valence-corrected chi connectivity index (χ0v) is 17.1. The van der Waals surface area contributed by atoms with E-state index in [1.54, 1.807) is 66.7 Å². The van der Waals surface area contributed by atoms with Gasteiger partial charge in [0.2, 0.25) is 0 Å². The number of rotatable bonds is 2. The van der Waals surface area contributed by atoms with Crippen molar-refractivity contribution < 1.29 is 14.7 Å². The molecule has 148 valence electrons. The second kappa shape index (κ2) is 6.73. The highest BCUT2D eigenvalue weighted by atomic mass is 35.5. The number of aliphatic hydroxyl groups is 1. The monoisotopic (exact) mass is 435 g/mol. The third kappa shape index (κ3) is 2.47. The van der Waals surface area contributed by atoms with Gasteiger partial charge in [0.25, 0.3) is 5.91 Å². The molecule has 30 heavy (non-hydrogen) atoms. The molecule has 1 atom stereocenters. The minimum Gasteiger partial charge on any atom is -0.503 e. The third-order valence-corrected chi connectivity index (χ3v) is 6.15. The standard InChI is InChI=1S/C24H15Cl2NO3/c25-16-7-4-8-18(13-16)27-23(30)22(29)21(14-5-2-1-3-6-14)24(27)19-10-9-17(26)11-15(19)12-20(24)28/h1-11,13,29H,12H2. The molecule has 0 bridgehead atoms. The number of anilines is 1. The smallest absolute Gasteiger partial charge is 0.294 e. The fourth-order valence-electron chi connectivity index (χ4n) is 4.56. The highest BCUT2D eigenvalue weighted by molar-refractivity contribution is 6.32. The zero-order valence-electron chi connectivity index (χ0n) is 15.6. The van der Waals surface area contributed by atoms with Crippen molar-refractivity contribution in [1.82, 2.24) is 0 Å². The Bertz CT molecular complexity index is 1250. The number of hydrogen-bond acceptors (Lipinski definition) is 3. The fourth-order valence-corrected chi connectivity index (χ4v) is 4.94. The lowest BCUT2D eigenvalue weighted by molar-refractivity contribution is -0.124. The van der Waals surface area contributed by atoms with Crippen molar-refractivity contribution in [2.24, 2.45) is 0 Å². The van der Waals surface area contributed by atoms with E-state index < -0.39 is 17.2 Å². The Labute approximate surface area is 183 Å². The first-order valence-electron chi connectivity index (χ1n) is 9.36. The van der Waals surface area contributed by atoms with E-state index in [9.17, 15) is 14.7 Å². The van der Waals surface area contributed by atoms with E-state index in [1.165, 1.54) is 4.90 Å². The first-order valence-corrected chi connectivity index (χ1v) is 10.1. The molecule has 1 aliphatic heterocycles. The summed E-state index contributed by atoms with van der Waals surface area (Å²) in [4.78, 5) is 28.4. The second-order valence-corrected chi connectivity index (χ2v) is 8.19. The summed E-state index contributed by atoms with van der Waals surface area (Å²) in [6.07, 6.45) is 0.101. The average Bonchev–Trinajstić information content (AvgIpc) is 3.13. The molecule has 1 N–H and O–H groups in total. The van der Waals surface area contributed by atoms with Crippen LogP contribution in [0.25, 0.3) is 5.57 Å². The molecule has 2 aliphatic rings. The van der Waals surface area contributed by atoms with Gasteiger partial charge in [-0.05, 0) is 47.0 Å². The van der Waals surface area contributed by atoms with Crippen LogP contribution in [0.15, 0.2) is 78.6 Å². The van der Waals surface area contributed by atoms with E-state index in [0.717, 1.165) is 5.56 Å². The summed E-state index contributed by atoms with van der Waals surface area (Å²) in [5, 5.41) is 11.9. The van der Waals surface area contributed by atoms with Crippen LogP contribution in [0.2, 0.25) is 10.0 Å². The number of aliphatic hydroxyl groups excluding tert-OH is 1. The number of halogens is 2. The number of hydrogen-bond donors (Lipinski definition) is 1. The number of nitrogens with zero attached hydrogens (tertiary/aromatic N) is 1. The molecule has 0 radical (unpaired) electrons. The van der Waals surface area contributed by atoms with E-state index in [0.29, 0.717) is 26.9 Å². The van der Waals surface area contributed by atoms with E-state index in [4.69, 9.17) is 23.2 Å². The first-order chi connectivity index (χ1) is 14.4. The molecule has 0 saturated heterocycles. The van der Waals surface area contributed by atoms with Gasteiger partial charge >= 0.3 is 0 Å². The number of amides is 1. The Kier molecular flexibility index (Phi) is 4.24. The van der Waals surface area contributed by atoms with Crippen LogP contribution in [0.5, 0.6) is 0 Å². The summed E-state index contributed by atoms with van der Waals surface area (Å²) in [7, 11) is 0. The molecule has 1 heterocycles. The van der Waals surface area contributed by atoms with Crippen LogP contribution < -0.4 is 4.90 Å². The number of carbonyl (C=O) groups is 2. The molecule has 1 unspecified atom stereocenters. The van der Waals surface area contributed by atoms with Crippen molar-refractivity contribution in [2.75, 3.05) is 4.90 Å². The Morgan fingerprint density at radius 2 is 1.60 bits per heavy atom. The molecule has 4 nitrogen and oxygen atoms in total. The number of carbonyl (C=O) groups excluding carboxylic acids is 2. The molecule has 1 spiro atoms. The second-order valence-electron chi connectivity index (χ2n) is 7.32. The lowest BCUT2D eigenvalue weighted by atomic mass is 9.79. The van der Waals surface area contributed by atoms with Gasteiger partial charge in [-0.2, -0.15) is 0 Å². The van der Waals surface area contributed by atoms with Crippen LogP contribution in [-0.4, -0.2) is 16.8 Å². The van der Waals surface area contributed by atoms with Gasteiger partial charge in [-0.15, -0.1) is 0 Å². The van der Waals surface area contributed by atoms with Gasteiger partial charge in [-0.1, -0.05) is 65.7 Å². The van der Waals surface area contributed by atoms with Crippen molar-refractivity contribution in [3.8, 4) is 0 Å². The molecular formula is C24H15Cl2NO3. The molecular weight excluding hydrogens is 421 g/mol. The van der Waals surface area contributed by atoms with Gasteiger partial charge in [-0.3, -0.25) is 14.5 Å². The van der Waals surface area contributed by atoms with Gasteiger partial charge < -0.3 is 5.11 Å². The molecule has 1 amide bonds. The molecule has 0 fully saturated rings. The number of fused-ring (bicyclic) bond motifs is 2. The number of ketones is 1. The summed E-state index contributed by atoms with van der Waals surface area (Å²) in [6.45, 7) is 0. The molecule has 6 heteroatoms. The number of Topliss-reactive ketones (excluding diaryl/α,β-unsaturated/α-hetero) is 1.